The van der Waals surface area contributed by atoms with Crippen molar-refractivity contribution >= 4 is 6.09 Å². The van der Waals surface area contributed by atoms with Crippen molar-refractivity contribution in [2.24, 2.45) is 11.8 Å². The van der Waals surface area contributed by atoms with E-state index in [1.165, 1.54) is 0 Å². The fourth-order valence-corrected chi connectivity index (χ4v) is 2.30. The summed E-state index contributed by atoms with van der Waals surface area (Å²) in [6, 6.07) is 0. The van der Waals surface area contributed by atoms with Gasteiger partial charge in [0.15, 0.2) is 0 Å². The van der Waals surface area contributed by atoms with E-state index in [4.69, 9.17) is 9.84 Å². The van der Waals surface area contributed by atoms with E-state index in [-0.39, 0.29) is 12.7 Å². The summed E-state index contributed by atoms with van der Waals surface area (Å²) in [5, 5.41) is 11.9. The molecule has 2 N–H and O–H groups in total. The summed E-state index contributed by atoms with van der Waals surface area (Å²) in [5.74, 6) is 0.891. The molecule has 2 atom stereocenters. The van der Waals surface area contributed by atoms with Gasteiger partial charge in [-0.1, -0.05) is 6.42 Å². The summed E-state index contributed by atoms with van der Waals surface area (Å²) < 4.78 is 5.18. The Labute approximate surface area is 104 Å². The van der Waals surface area contributed by atoms with Crippen LogP contribution in [-0.2, 0) is 4.74 Å². The molecule has 0 saturated heterocycles. The van der Waals surface area contributed by atoms with Crippen LogP contribution >= 0.6 is 0 Å². The van der Waals surface area contributed by atoms with Crippen LogP contribution < -0.4 is 5.32 Å². The molecule has 0 heterocycles. The minimum atomic E-state index is -0.440. The first-order valence-corrected chi connectivity index (χ1v) is 6.48. The smallest absolute Gasteiger partial charge is 0.407 e. The van der Waals surface area contributed by atoms with E-state index in [0.29, 0.717) is 18.4 Å². The van der Waals surface area contributed by atoms with Gasteiger partial charge in [0, 0.05) is 13.2 Å². The highest BCUT2D eigenvalue weighted by molar-refractivity contribution is 5.67. The third-order valence-electron chi connectivity index (χ3n) is 3.08. The molecule has 1 aliphatic carbocycles. The van der Waals surface area contributed by atoms with Gasteiger partial charge in [-0.25, -0.2) is 4.79 Å². The summed E-state index contributed by atoms with van der Waals surface area (Å²) in [7, 11) is 0. The van der Waals surface area contributed by atoms with Crippen molar-refractivity contribution in [3.63, 3.8) is 0 Å². The Morgan fingerprint density at radius 2 is 2.00 bits per heavy atom. The van der Waals surface area contributed by atoms with Gasteiger partial charge in [-0.05, 0) is 51.9 Å². The Morgan fingerprint density at radius 1 is 1.35 bits per heavy atom. The molecule has 1 amide bonds. The van der Waals surface area contributed by atoms with Crippen LogP contribution in [0.4, 0.5) is 4.79 Å². The van der Waals surface area contributed by atoms with E-state index in [9.17, 15) is 4.79 Å². The molecule has 100 valence electrons. The van der Waals surface area contributed by atoms with Crippen molar-refractivity contribution in [2.45, 2.75) is 52.1 Å². The van der Waals surface area contributed by atoms with Crippen LogP contribution in [0.2, 0.25) is 0 Å². The lowest BCUT2D eigenvalue weighted by Crippen LogP contribution is -2.36. The van der Waals surface area contributed by atoms with E-state index in [1.807, 2.05) is 20.8 Å². The lowest BCUT2D eigenvalue weighted by atomic mass is 9.82. The molecule has 4 nitrogen and oxygen atoms in total. The monoisotopic (exact) mass is 243 g/mol. The lowest BCUT2D eigenvalue weighted by molar-refractivity contribution is 0.0509. The van der Waals surface area contributed by atoms with Gasteiger partial charge in [0.1, 0.15) is 5.60 Å². The number of aliphatic hydroxyl groups is 1. The standard InChI is InChI=1S/C13H25NO3/c1-13(2,3)17-12(16)14-8-10-5-4-6-11(7-10)9-15/h10-11,15H,4-9H2,1-3H3,(H,14,16). The van der Waals surface area contributed by atoms with Crippen LogP contribution in [0.3, 0.4) is 0 Å². The van der Waals surface area contributed by atoms with Crippen molar-refractivity contribution in [3.05, 3.63) is 0 Å². The topological polar surface area (TPSA) is 58.6 Å². The zero-order chi connectivity index (χ0) is 12.9. The third-order valence-corrected chi connectivity index (χ3v) is 3.08. The van der Waals surface area contributed by atoms with E-state index in [1.54, 1.807) is 0 Å². The Morgan fingerprint density at radius 3 is 2.59 bits per heavy atom. The number of carbonyl (C=O) groups is 1. The number of rotatable bonds is 3. The molecular weight excluding hydrogens is 218 g/mol. The highest BCUT2D eigenvalue weighted by Gasteiger charge is 2.22. The van der Waals surface area contributed by atoms with Crippen LogP contribution in [-0.4, -0.2) is 30.0 Å². The normalized spacial score (nSPS) is 25.4. The van der Waals surface area contributed by atoms with E-state index in [2.05, 4.69) is 5.32 Å². The molecular formula is C13H25NO3. The Bertz CT molecular complexity index is 248. The maximum absolute atomic E-state index is 11.5. The number of amides is 1. The Balaban J connectivity index is 2.23. The van der Waals surface area contributed by atoms with Crippen molar-refractivity contribution in [1.29, 1.82) is 0 Å². The number of nitrogens with one attached hydrogen (secondary N) is 1. The number of hydrogen-bond donors (Lipinski definition) is 2. The van der Waals surface area contributed by atoms with Gasteiger partial charge < -0.3 is 15.2 Å². The van der Waals surface area contributed by atoms with Gasteiger partial charge >= 0.3 is 6.09 Å². The van der Waals surface area contributed by atoms with Crippen molar-refractivity contribution in [1.82, 2.24) is 5.32 Å². The first kappa shape index (κ1) is 14.3. The Kier molecular flexibility index (Phi) is 5.25. The zero-order valence-corrected chi connectivity index (χ0v) is 11.2. The fraction of sp³-hybridized carbons (Fsp3) is 0.923. The predicted molar refractivity (Wildman–Crippen MR) is 66.8 cm³/mol. The first-order chi connectivity index (χ1) is 7.90. The minimum Gasteiger partial charge on any atom is -0.444 e. The van der Waals surface area contributed by atoms with Gasteiger partial charge in [-0.2, -0.15) is 0 Å². The maximum Gasteiger partial charge on any atom is 0.407 e. The highest BCUT2D eigenvalue weighted by Crippen LogP contribution is 2.28. The van der Waals surface area contributed by atoms with E-state index < -0.39 is 5.60 Å². The quantitative estimate of drug-likeness (QED) is 0.799. The summed E-state index contributed by atoms with van der Waals surface area (Å²) in [6.45, 7) is 6.49. The number of aliphatic hydroxyl groups excluding tert-OH is 1. The van der Waals surface area contributed by atoms with Gasteiger partial charge in [0.2, 0.25) is 0 Å². The minimum absolute atomic E-state index is 0.267. The van der Waals surface area contributed by atoms with Crippen molar-refractivity contribution in [2.75, 3.05) is 13.2 Å². The summed E-state index contributed by atoms with van der Waals surface area (Å²) in [6.07, 6.45) is 4.05. The highest BCUT2D eigenvalue weighted by atomic mass is 16.6. The SMILES string of the molecule is CC(C)(C)OC(=O)NCC1CCCC(CO)C1. The average Bonchev–Trinajstić information content (AvgIpc) is 2.24. The van der Waals surface area contributed by atoms with Gasteiger partial charge in [-0.3, -0.25) is 0 Å². The van der Waals surface area contributed by atoms with Crippen LogP contribution in [0.1, 0.15) is 46.5 Å². The Hall–Kier alpha value is -0.770. The van der Waals surface area contributed by atoms with Crippen LogP contribution in [0, 0.1) is 11.8 Å². The number of hydrogen-bond acceptors (Lipinski definition) is 3. The predicted octanol–water partition coefficient (Wildman–Crippen LogP) is 2.31. The molecule has 1 fully saturated rings. The summed E-state index contributed by atoms with van der Waals surface area (Å²) in [5.41, 5.74) is -0.440. The van der Waals surface area contributed by atoms with Crippen LogP contribution in [0.25, 0.3) is 0 Å². The molecule has 4 heteroatoms. The molecule has 1 rings (SSSR count). The van der Waals surface area contributed by atoms with E-state index in [0.717, 1.165) is 25.7 Å². The fourth-order valence-electron chi connectivity index (χ4n) is 2.30. The van der Waals surface area contributed by atoms with Gasteiger partial charge in [-0.15, -0.1) is 0 Å². The maximum atomic E-state index is 11.5. The molecule has 17 heavy (non-hydrogen) atoms. The van der Waals surface area contributed by atoms with Crippen LogP contribution in [0.15, 0.2) is 0 Å². The van der Waals surface area contributed by atoms with Crippen LogP contribution in [0.5, 0.6) is 0 Å². The second-order valence-electron chi connectivity index (χ2n) is 5.96. The first-order valence-electron chi connectivity index (χ1n) is 6.48. The van der Waals surface area contributed by atoms with Gasteiger partial charge in [0.05, 0.1) is 0 Å². The number of ether oxygens (including phenoxy) is 1. The summed E-state index contributed by atoms with van der Waals surface area (Å²) >= 11 is 0. The van der Waals surface area contributed by atoms with Gasteiger partial charge in [0.25, 0.3) is 0 Å². The molecule has 0 radical (unpaired) electrons. The zero-order valence-electron chi connectivity index (χ0n) is 11.2. The molecule has 1 saturated carbocycles. The molecule has 0 aliphatic heterocycles. The molecule has 0 aromatic carbocycles. The largest absolute Gasteiger partial charge is 0.444 e. The molecule has 0 aromatic rings. The molecule has 0 aromatic heterocycles. The van der Waals surface area contributed by atoms with Crippen molar-refractivity contribution < 1.29 is 14.6 Å². The number of carbonyl (C=O) groups excluding carboxylic acids is 1. The molecule has 1 aliphatic rings. The lowest BCUT2D eigenvalue weighted by Gasteiger charge is -2.28. The number of alkyl carbamates (subject to hydrolysis) is 1. The molecule has 2 unspecified atom stereocenters. The summed E-state index contributed by atoms with van der Waals surface area (Å²) in [4.78, 5) is 11.5. The third kappa shape index (κ3) is 5.91. The van der Waals surface area contributed by atoms with Crippen molar-refractivity contribution in [3.8, 4) is 0 Å². The second kappa shape index (κ2) is 6.24. The van der Waals surface area contributed by atoms with E-state index >= 15 is 0 Å². The molecule has 0 bridgehead atoms. The average molecular weight is 243 g/mol. The second-order valence-corrected chi connectivity index (χ2v) is 5.96. The molecule has 0 spiro atoms.